The minimum Gasteiger partial charge on any atom is -0.503 e. The van der Waals surface area contributed by atoms with Crippen LogP contribution >= 0.6 is 15.9 Å². The summed E-state index contributed by atoms with van der Waals surface area (Å²) in [4.78, 5) is 24.4. The smallest absolute Gasteiger partial charge is 0.347 e. The Morgan fingerprint density at radius 2 is 2.00 bits per heavy atom. The van der Waals surface area contributed by atoms with Gasteiger partial charge in [-0.3, -0.25) is 4.79 Å². The number of halogens is 1. The number of methoxy groups -OCH3 is 1. The third-order valence-electron chi connectivity index (χ3n) is 3.60. The van der Waals surface area contributed by atoms with E-state index in [1.54, 1.807) is 36.4 Å². The van der Waals surface area contributed by atoms with Gasteiger partial charge in [-0.2, -0.15) is 0 Å². The maximum absolute atomic E-state index is 12.3. The van der Waals surface area contributed by atoms with Gasteiger partial charge in [0.25, 0.3) is 0 Å². The number of benzene rings is 2. The van der Waals surface area contributed by atoms with Gasteiger partial charge in [0.2, 0.25) is 0 Å². The van der Waals surface area contributed by atoms with Crippen molar-refractivity contribution in [3.8, 4) is 11.5 Å². The van der Waals surface area contributed by atoms with E-state index in [0.717, 1.165) is 0 Å². The number of phenols is 1. The van der Waals surface area contributed by atoms with Crippen LogP contribution in [0.3, 0.4) is 0 Å². The van der Waals surface area contributed by atoms with E-state index < -0.39 is 11.4 Å². The Labute approximate surface area is 151 Å². The number of hydrogen-bond acceptors (Lipinski definition) is 5. The van der Waals surface area contributed by atoms with E-state index in [4.69, 9.17) is 9.15 Å². The van der Waals surface area contributed by atoms with Crippen LogP contribution in [0.1, 0.15) is 15.9 Å². The van der Waals surface area contributed by atoms with Gasteiger partial charge < -0.3 is 14.3 Å². The van der Waals surface area contributed by atoms with Gasteiger partial charge in [-0.15, -0.1) is 0 Å². The summed E-state index contributed by atoms with van der Waals surface area (Å²) in [5.41, 5.74) is 0.331. The van der Waals surface area contributed by atoms with Crippen molar-refractivity contribution in [1.82, 2.24) is 0 Å². The van der Waals surface area contributed by atoms with Gasteiger partial charge in [-0.25, -0.2) is 4.79 Å². The molecule has 0 amide bonds. The summed E-state index contributed by atoms with van der Waals surface area (Å²) in [6.45, 7) is 0. The average molecular weight is 401 g/mol. The molecular formula is C19H13BrO5. The van der Waals surface area contributed by atoms with Gasteiger partial charge in [-0.05, 0) is 51.8 Å². The molecule has 0 radical (unpaired) electrons. The predicted octanol–water partition coefficient (Wildman–Crippen LogP) is 4.17. The highest BCUT2D eigenvalue weighted by Crippen LogP contribution is 2.35. The van der Waals surface area contributed by atoms with Crippen LogP contribution < -0.4 is 10.4 Å². The Morgan fingerprint density at radius 3 is 2.76 bits per heavy atom. The van der Waals surface area contributed by atoms with E-state index in [1.807, 2.05) is 0 Å². The van der Waals surface area contributed by atoms with Crippen LogP contribution in [0.25, 0.3) is 17.0 Å². The molecule has 5 nitrogen and oxygen atoms in total. The average Bonchev–Trinajstić information content (AvgIpc) is 2.61. The molecule has 1 heterocycles. The van der Waals surface area contributed by atoms with Crippen LogP contribution in [0, 0.1) is 0 Å². The molecule has 1 N–H and O–H groups in total. The van der Waals surface area contributed by atoms with Gasteiger partial charge in [0, 0.05) is 5.39 Å². The fourth-order valence-electron chi connectivity index (χ4n) is 2.34. The molecule has 3 aromatic rings. The number of aromatic hydroxyl groups is 1. The number of phenolic OH excluding ortho intramolecular Hbond substituents is 1. The molecule has 0 saturated carbocycles. The quantitative estimate of drug-likeness (QED) is 0.404. The summed E-state index contributed by atoms with van der Waals surface area (Å²) in [6.07, 6.45) is 2.81. The van der Waals surface area contributed by atoms with Gasteiger partial charge in [0.05, 0.1) is 11.6 Å². The molecule has 1 aromatic heterocycles. The molecule has 0 aliphatic rings. The van der Waals surface area contributed by atoms with E-state index in [2.05, 4.69) is 15.9 Å². The van der Waals surface area contributed by atoms with Crippen molar-refractivity contribution in [1.29, 1.82) is 0 Å². The number of fused-ring (bicyclic) bond motifs is 1. The monoisotopic (exact) mass is 400 g/mol. The molecule has 0 unspecified atom stereocenters. The first-order chi connectivity index (χ1) is 12.0. The first-order valence-electron chi connectivity index (χ1n) is 7.31. The molecule has 0 spiro atoms. The maximum Gasteiger partial charge on any atom is 0.347 e. The minimum atomic E-state index is -0.683. The molecule has 0 aliphatic carbocycles. The number of carbonyl (C=O) groups excluding carboxylic acids is 1. The second-order valence-corrected chi connectivity index (χ2v) is 6.09. The number of ketones is 1. The van der Waals surface area contributed by atoms with Crippen LogP contribution in [0.2, 0.25) is 0 Å². The largest absolute Gasteiger partial charge is 0.503 e. The molecule has 2 aromatic carbocycles. The number of carbonyl (C=O) groups is 1. The molecule has 0 bridgehead atoms. The zero-order valence-electron chi connectivity index (χ0n) is 13.2. The summed E-state index contributed by atoms with van der Waals surface area (Å²) in [5, 5.41) is 10.5. The van der Waals surface area contributed by atoms with Gasteiger partial charge in [-0.1, -0.05) is 24.3 Å². The Bertz CT molecular complexity index is 1050. The van der Waals surface area contributed by atoms with Gasteiger partial charge in [0.1, 0.15) is 11.1 Å². The fraction of sp³-hybridized carbons (Fsp3) is 0.0526. The first kappa shape index (κ1) is 17.0. The van der Waals surface area contributed by atoms with Crippen LogP contribution in [0.5, 0.6) is 11.5 Å². The summed E-state index contributed by atoms with van der Waals surface area (Å²) in [5.74, 6) is -0.226. The minimum absolute atomic E-state index is 0.0267. The summed E-state index contributed by atoms with van der Waals surface area (Å²) in [7, 11) is 1.43. The van der Waals surface area contributed by atoms with E-state index in [9.17, 15) is 14.7 Å². The molecule has 6 heteroatoms. The fourth-order valence-corrected chi connectivity index (χ4v) is 2.80. The number of rotatable bonds is 4. The lowest BCUT2D eigenvalue weighted by atomic mass is 10.1. The van der Waals surface area contributed by atoms with Crippen molar-refractivity contribution in [2.75, 3.05) is 7.11 Å². The van der Waals surface area contributed by atoms with Crippen LogP contribution in [-0.4, -0.2) is 18.0 Å². The summed E-state index contributed by atoms with van der Waals surface area (Å²) < 4.78 is 10.7. The molecule has 25 heavy (non-hydrogen) atoms. The van der Waals surface area contributed by atoms with Crippen molar-refractivity contribution in [2.45, 2.75) is 0 Å². The Balaban J connectivity index is 1.95. The zero-order chi connectivity index (χ0) is 18.0. The second-order valence-electron chi connectivity index (χ2n) is 5.24. The Morgan fingerprint density at radius 1 is 1.24 bits per heavy atom. The molecule has 0 fully saturated rings. The van der Waals surface area contributed by atoms with Gasteiger partial charge >= 0.3 is 5.63 Å². The van der Waals surface area contributed by atoms with Crippen molar-refractivity contribution in [3.05, 3.63) is 74.6 Å². The Hall–Kier alpha value is -2.86. The van der Waals surface area contributed by atoms with Crippen molar-refractivity contribution in [3.63, 3.8) is 0 Å². The van der Waals surface area contributed by atoms with Crippen molar-refractivity contribution < 1.29 is 19.1 Å². The topological polar surface area (TPSA) is 76.7 Å². The van der Waals surface area contributed by atoms with E-state index >= 15 is 0 Å². The van der Waals surface area contributed by atoms with Crippen molar-refractivity contribution >= 4 is 38.8 Å². The second kappa shape index (κ2) is 6.94. The van der Waals surface area contributed by atoms with E-state index in [1.165, 1.54) is 25.3 Å². The normalized spacial score (nSPS) is 11.1. The molecule has 3 rings (SSSR count). The Kier molecular flexibility index (Phi) is 4.72. The molecule has 0 saturated heterocycles. The lowest BCUT2D eigenvalue weighted by Gasteiger charge is -2.06. The highest BCUT2D eigenvalue weighted by Gasteiger charge is 2.12. The third kappa shape index (κ3) is 3.49. The third-order valence-corrected chi connectivity index (χ3v) is 4.21. The van der Waals surface area contributed by atoms with E-state index in [-0.39, 0.29) is 17.1 Å². The lowest BCUT2D eigenvalue weighted by molar-refractivity contribution is 0.104. The zero-order valence-corrected chi connectivity index (χ0v) is 14.7. The number of hydrogen-bond donors (Lipinski definition) is 1. The predicted molar refractivity (Wildman–Crippen MR) is 98.2 cm³/mol. The maximum atomic E-state index is 12.3. The molecular weight excluding hydrogens is 388 g/mol. The first-order valence-corrected chi connectivity index (χ1v) is 8.10. The van der Waals surface area contributed by atoms with Crippen LogP contribution in [0.4, 0.5) is 0 Å². The highest BCUT2D eigenvalue weighted by atomic mass is 79.9. The standard InChI is InChI=1S/C19H13BrO5/c1-24-17-9-11(8-14(20)18(17)22)6-7-15(21)13-10-12-4-2-3-5-16(12)25-19(13)23/h2-10,22H,1H3/b7-6+. The van der Waals surface area contributed by atoms with Crippen LogP contribution in [-0.2, 0) is 0 Å². The number of ether oxygens (including phenoxy) is 1. The molecule has 0 aliphatic heterocycles. The summed E-state index contributed by atoms with van der Waals surface area (Å²) in [6, 6.07) is 11.7. The number of para-hydroxylation sites is 1. The van der Waals surface area contributed by atoms with E-state index in [0.29, 0.717) is 21.0 Å². The molecule has 126 valence electrons. The SMILES string of the molecule is COc1cc(/C=C/C(=O)c2cc3ccccc3oc2=O)cc(Br)c1O. The number of allylic oxidation sites excluding steroid dienone is 1. The summed E-state index contributed by atoms with van der Waals surface area (Å²) >= 11 is 3.21. The molecule has 0 atom stereocenters. The van der Waals surface area contributed by atoms with Crippen LogP contribution in [0.15, 0.2) is 62.2 Å². The van der Waals surface area contributed by atoms with Crippen molar-refractivity contribution in [2.24, 2.45) is 0 Å². The lowest BCUT2D eigenvalue weighted by Crippen LogP contribution is -2.11. The highest BCUT2D eigenvalue weighted by molar-refractivity contribution is 9.10. The van der Waals surface area contributed by atoms with Gasteiger partial charge in [0.15, 0.2) is 17.3 Å².